The van der Waals surface area contributed by atoms with Gasteiger partial charge in [0.05, 0.1) is 11.0 Å². The number of H-pyrrole nitrogens is 1. The number of fused-ring (bicyclic) bond motifs is 1. The minimum atomic E-state index is 0.601. The van der Waals surface area contributed by atoms with Gasteiger partial charge in [0, 0.05) is 23.2 Å². The fourth-order valence-corrected chi connectivity index (χ4v) is 4.42. The minimum absolute atomic E-state index is 0.601. The van der Waals surface area contributed by atoms with E-state index in [1.165, 1.54) is 0 Å². The maximum Gasteiger partial charge on any atom is 0.195 e. The van der Waals surface area contributed by atoms with E-state index in [1.54, 1.807) is 11.8 Å². The van der Waals surface area contributed by atoms with Crippen LogP contribution < -0.4 is 0 Å². The van der Waals surface area contributed by atoms with Crippen molar-refractivity contribution in [3.05, 3.63) is 83.6 Å². The van der Waals surface area contributed by atoms with Crippen molar-refractivity contribution in [3.8, 4) is 17.1 Å². The van der Waals surface area contributed by atoms with Crippen LogP contribution >= 0.6 is 24.0 Å². The van der Waals surface area contributed by atoms with Gasteiger partial charge in [0.2, 0.25) is 0 Å². The number of nitrogens with one attached hydrogen (secondary N) is 1. The molecule has 0 amide bonds. The zero-order chi connectivity index (χ0) is 19.8. The molecule has 2 aromatic heterocycles. The molecule has 0 saturated heterocycles. The molecule has 0 aliphatic rings. The third-order valence-corrected chi connectivity index (χ3v) is 6.04. The lowest BCUT2D eigenvalue weighted by Gasteiger charge is -2.09. The molecule has 3 aromatic carbocycles. The molecule has 0 atom stereocenters. The highest BCUT2D eigenvalue weighted by molar-refractivity contribution is 7.99. The van der Waals surface area contributed by atoms with Crippen molar-refractivity contribution < 1.29 is 0 Å². The molecular formula is C22H17N5S2. The lowest BCUT2D eigenvalue weighted by molar-refractivity contribution is 0.901. The van der Waals surface area contributed by atoms with E-state index >= 15 is 0 Å². The van der Waals surface area contributed by atoms with Gasteiger partial charge in [-0.1, -0.05) is 54.2 Å². The minimum Gasteiger partial charge on any atom is -0.303 e. The van der Waals surface area contributed by atoms with Gasteiger partial charge in [0.25, 0.3) is 0 Å². The summed E-state index contributed by atoms with van der Waals surface area (Å²) in [5.74, 6) is 0.814. The molecule has 0 spiro atoms. The van der Waals surface area contributed by atoms with Crippen LogP contribution in [0.2, 0.25) is 0 Å². The van der Waals surface area contributed by atoms with E-state index in [0.29, 0.717) is 4.77 Å². The van der Waals surface area contributed by atoms with Crippen LogP contribution in [0.4, 0.5) is 0 Å². The van der Waals surface area contributed by atoms with E-state index in [-0.39, 0.29) is 0 Å². The maximum absolute atomic E-state index is 5.25. The summed E-state index contributed by atoms with van der Waals surface area (Å²) in [6, 6.07) is 26.8. The summed E-state index contributed by atoms with van der Waals surface area (Å²) < 4.78 is 4.67. The lowest BCUT2D eigenvalue weighted by atomic mass is 10.2. The quantitative estimate of drug-likeness (QED) is 0.386. The fourth-order valence-electron chi connectivity index (χ4n) is 3.31. The smallest absolute Gasteiger partial charge is 0.195 e. The highest BCUT2D eigenvalue weighted by Gasteiger charge is 2.14. The van der Waals surface area contributed by atoms with Crippen LogP contribution in [0.25, 0.3) is 28.1 Å². The van der Waals surface area contributed by atoms with Crippen molar-refractivity contribution in [2.24, 2.45) is 7.05 Å². The third kappa shape index (κ3) is 3.28. The van der Waals surface area contributed by atoms with E-state index in [0.717, 1.165) is 38.2 Å². The van der Waals surface area contributed by atoms with Crippen molar-refractivity contribution >= 4 is 35.0 Å². The highest BCUT2D eigenvalue weighted by atomic mass is 32.2. The number of imidazole rings is 1. The second kappa shape index (κ2) is 7.35. The first kappa shape index (κ1) is 17.9. The summed E-state index contributed by atoms with van der Waals surface area (Å²) in [4.78, 5) is 5.98. The van der Waals surface area contributed by atoms with Gasteiger partial charge in [-0.05, 0) is 48.6 Å². The number of para-hydroxylation sites is 3. The van der Waals surface area contributed by atoms with E-state index < -0.39 is 0 Å². The number of aromatic nitrogens is 5. The van der Waals surface area contributed by atoms with Crippen molar-refractivity contribution in [1.29, 1.82) is 0 Å². The lowest BCUT2D eigenvalue weighted by Crippen LogP contribution is -1.96. The molecule has 0 fully saturated rings. The van der Waals surface area contributed by atoms with Gasteiger partial charge >= 0.3 is 0 Å². The second-order valence-electron chi connectivity index (χ2n) is 6.60. The van der Waals surface area contributed by atoms with E-state index in [4.69, 9.17) is 17.2 Å². The molecule has 7 heteroatoms. The summed E-state index contributed by atoms with van der Waals surface area (Å²) in [6.45, 7) is 0. The normalized spacial score (nSPS) is 11.2. The molecule has 5 aromatic rings. The van der Waals surface area contributed by atoms with Gasteiger partial charge in [0.15, 0.2) is 15.8 Å². The van der Waals surface area contributed by atoms with Gasteiger partial charge in [0.1, 0.15) is 0 Å². The van der Waals surface area contributed by atoms with Crippen LogP contribution in [0.15, 0.2) is 88.9 Å². The molecule has 0 aliphatic carbocycles. The number of nitrogens with zero attached hydrogens (tertiary/aromatic N) is 4. The van der Waals surface area contributed by atoms with E-state index in [1.807, 2.05) is 60.1 Å². The predicted octanol–water partition coefficient (Wildman–Crippen LogP) is 5.63. The second-order valence-corrected chi connectivity index (χ2v) is 8.02. The van der Waals surface area contributed by atoms with Gasteiger partial charge in [-0.3, -0.25) is 9.67 Å². The van der Waals surface area contributed by atoms with Crippen LogP contribution in [0.1, 0.15) is 0 Å². The Morgan fingerprint density at radius 1 is 0.931 bits per heavy atom. The largest absolute Gasteiger partial charge is 0.303 e. The van der Waals surface area contributed by atoms with Crippen molar-refractivity contribution in [2.45, 2.75) is 10.1 Å². The molecule has 5 rings (SSSR count). The molecule has 0 unspecified atom stereocenters. The third-order valence-electron chi connectivity index (χ3n) is 4.73. The van der Waals surface area contributed by atoms with Crippen molar-refractivity contribution in [2.75, 3.05) is 0 Å². The predicted molar refractivity (Wildman–Crippen MR) is 119 cm³/mol. The summed E-state index contributed by atoms with van der Waals surface area (Å²) in [6.07, 6.45) is 0. The van der Waals surface area contributed by atoms with Crippen LogP contribution in [0.5, 0.6) is 0 Å². The Morgan fingerprint density at radius 2 is 1.72 bits per heavy atom. The SMILES string of the molecule is Cn1c(-c2cccc(Sc3nc4ccccc4n3-c3ccccc3)c2)n[nH]c1=S. The summed E-state index contributed by atoms with van der Waals surface area (Å²) >= 11 is 6.88. The zero-order valence-corrected chi connectivity index (χ0v) is 17.2. The van der Waals surface area contributed by atoms with Crippen LogP contribution in [0.3, 0.4) is 0 Å². The van der Waals surface area contributed by atoms with E-state index in [2.05, 4.69) is 45.1 Å². The molecule has 0 saturated carbocycles. The number of benzene rings is 3. The Labute approximate surface area is 177 Å². The molecule has 5 nitrogen and oxygen atoms in total. The number of hydrogen-bond acceptors (Lipinski definition) is 4. The Bertz CT molecular complexity index is 1370. The molecule has 0 radical (unpaired) electrons. The highest BCUT2D eigenvalue weighted by Crippen LogP contribution is 2.34. The summed E-state index contributed by atoms with van der Waals surface area (Å²) in [5.41, 5.74) is 4.16. The van der Waals surface area contributed by atoms with Gasteiger partial charge in [-0.15, -0.1) is 0 Å². The van der Waals surface area contributed by atoms with Crippen LogP contribution in [-0.4, -0.2) is 24.3 Å². The molecular weight excluding hydrogens is 398 g/mol. The molecule has 1 N–H and O–H groups in total. The average molecular weight is 416 g/mol. The van der Waals surface area contributed by atoms with Gasteiger partial charge in [-0.25, -0.2) is 4.98 Å². The number of rotatable bonds is 4. The first-order valence-corrected chi connectivity index (χ1v) is 10.4. The molecule has 2 heterocycles. The monoisotopic (exact) mass is 415 g/mol. The Kier molecular flexibility index (Phi) is 4.54. The topological polar surface area (TPSA) is 51.4 Å². The Balaban J connectivity index is 1.60. The van der Waals surface area contributed by atoms with Crippen molar-refractivity contribution in [3.63, 3.8) is 0 Å². The first-order valence-electron chi connectivity index (χ1n) is 9.13. The van der Waals surface area contributed by atoms with Crippen LogP contribution in [0, 0.1) is 4.77 Å². The van der Waals surface area contributed by atoms with Gasteiger partial charge < -0.3 is 4.57 Å². The van der Waals surface area contributed by atoms with E-state index in [9.17, 15) is 0 Å². The molecule has 142 valence electrons. The average Bonchev–Trinajstić information content (AvgIpc) is 3.28. The number of aromatic amines is 1. The maximum atomic E-state index is 5.25. The standard InChI is InChI=1S/C22H17N5S2/c1-26-20(24-25-21(26)28)15-8-7-11-17(14-15)29-22-23-18-12-5-6-13-19(18)27(22)16-9-3-2-4-10-16/h2-14H,1H3,(H,25,28). The van der Waals surface area contributed by atoms with Crippen LogP contribution in [-0.2, 0) is 7.05 Å². The Hall–Kier alpha value is -3.16. The number of hydrogen-bond donors (Lipinski definition) is 1. The molecule has 29 heavy (non-hydrogen) atoms. The zero-order valence-electron chi connectivity index (χ0n) is 15.6. The molecule has 0 bridgehead atoms. The summed E-state index contributed by atoms with van der Waals surface area (Å²) in [5, 5.41) is 8.12. The van der Waals surface area contributed by atoms with Crippen molar-refractivity contribution in [1.82, 2.24) is 24.3 Å². The molecule has 0 aliphatic heterocycles. The Morgan fingerprint density at radius 3 is 2.52 bits per heavy atom. The first-order chi connectivity index (χ1) is 14.2. The van der Waals surface area contributed by atoms with Gasteiger partial charge in [-0.2, -0.15) is 5.10 Å². The fraction of sp³-hybridized carbons (Fsp3) is 0.0455. The summed E-state index contributed by atoms with van der Waals surface area (Å²) in [7, 11) is 1.91.